The van der Waals surface area contributed by atoms with E-state index in [0.29, 0.717) is 35.0 Å². The monoisotopic (exact) mass is 550 g/mol. The van der Waals surface area contributed by atoms with Crippen molar-refractivity contribution in [3.8, 4) is 17.2 Å². The predicted octanol–water partition coefficient (Wildman–Crippen LogP) is 8.52. The molecule has 0 aliphatic heterocycles. The van der Waals surface area contributed by atoms with Gasteiger partial charge in [0.25, 0.3) is 0 Å². The average molecular weight is 551 g/mol. The molecule has 2 aromatic carbocycles. The number of allylic oxidation sites excluding steroid dienone is 1. The summed E-state index contributed by atoms with van der Waals surface area (Å²) in [6, 6.07) is 8.51. The van der Waals surface area contributed by atoms with E-state index in [1.807, 2.05) is 41.5 Å². The largest absolute Gasteiger partial charge is 0.493 e. The normalized spacial score (nSPS) is 12.2. The molecule has 0 saturated heterocycles. The van der Waals surface area contributed by atoms with Crippen molar-refractivity contribution in [3.05, 3.63) is 58.7 Å². The third-order valence-electron chi connectivity index (χ3n) is 6.19. The molecule has 40 heavy (non-hydrogen) atoms. The summed E-state index contributed by atoms with van der Waals surface area (Å²) < 4.78 is 17.7. The summed E-state index contributed by atoms with van der Waals surface area (Å²) in [4.78, 5) is 38.5. The lowest BCUT2D eigenvalue weighted by molar-refractivity contribution is -0.143. The van der Waals surface area contributed by atoms with Gasteiger partial charge in [-0.2, -0.15) is 0 Å². The lowest BCUT2D eigenvalue weighted by Gasteiger charge is -2.25. The molecule has 0 N–H and O–H groups in total. The molecule has 218 valence electrons. The van der Waals surface area contributed by atoms with Crippen molar-refractivity contribution in [2.45, 2.75) is 94.4 Å². The van der Waals surface area contributed by atoms with E-state index in [0.717, 1.165) is 17.5 Å². The van der Waals surface area contributed by atoms with Gasteiger partial charge in [-0.15, -0.1) is 0 Å². The topological polar surface area (TPSA) is 78.9 Å². The highest BCUT2D eigenvalue weighted by atomic mass is 16.5. The van der Waals surface area contributed by atoms with Crippen LogP contribution in [0.2, 0.25) is 0 Å². The molecule has 0 spiro atoms. The van der Waals surface area contributed by atoms with Crippen molar-refractivity contribution < 1.29 is 28.6 Å². The zero-order valence-electron chi connectivity index (χ0n) is 26.1. The molecular formula is C34H46O6. The molecule has 6 nitrogen and oxygen atoms in total. The standard InChI is InChI=1S/C34H46O6/c1-12-19-38-29-25(17-18-28(35)23-13-15-24(16-14-23)39-31(36)33(6,7)8)30(40-32(37)34(9,10)11)27(22(4)5)20-26(29)21(2)3/h13-18,20-22H,12,19H2,1-11H3. The van der Waals surface area contributed by atoms with E-state index in [4.69, 9.17) is 14.2 Å². The Morgan fingerprint density at radius 1 is 0.775 bits per heavy atom. The van der Waals surface area contributed by atoms with Gasteiger partial charge in [0, 0.05) is 5.56 Å². The molecule has 2 aromatic rings. The molecule has 0 atom stereocenters. The molecule has 0 amide bonds. The number of carbonyl (C=O) groups is 3. The van der Waals surface area contributed by atoms with Gasteiger partial charge in [-0.1, -0.05) is 34.6 Å². The zero-order valence-corrected chi connectivity index (χ0v) is 26.1. The Morgan fingerprint density at radius 3 is 1.75 bits per heavy atom. The minimum atomic E-state index is -0.718. The van der Waals surface area contributed by atoms with E-state index in [9.17, 15) is 14.4 Å². The number of ether oxygens (including phenoxy) is 3. The number of hydrogen-bond donors (Lipinski definition) is 0. The Hall–Kier alpha value is -3.41. The van der Waals surface area contributed by atoms with E-state index in [1.54, 1.807) is 51.1 Å². The molecule has 0 fully saturated rings. The maximum absolute atomic E-state index is 13.2. The van der Waals surface area contributed by atoms with E-state index >= 15 is 0 Å². The first-order valence-electron chi connectivity index (χ1n) is 14.1. The third-order valence-corrected chi connectivity index (χ3v) is 6.19. The predicted molar refractivity (Wildman–Crippen MR) is 160 cm³/mol. The first-order valence-corrected chi connectivity index (χ1v) is 14.1. The highest BCUT2D eigenvalue weighted by molar-refractivity contribution is 6.07. The van der Waals surface area contributed by atoms with Crippen molar-refractivity contribution in [3.63, 3.8) is 0 Å². The second-order valence-electron chi connectivity index (χ2n) is 12.8. The summed E-state index contributed by atoms with van der Waals surface area (Å²) in [6.07, 6.45) is 3.95. The third kappa shape index (κ3) is 8.54. The summed E-state index contributed by atoms with van der Waals surface area (Å²) in [6.45, 7) is 21.6. The van der Waals surface area contributed by atoms with Crippen molar-refractivity contribution in [2.24, 2.45) is 10.8 Å². The van der Waals surface area contributed by atoms with Crippen molar-refractivity contribution >= 4 is 23.8 Å². The first kappa shape index (κ1) is 32.8. The Morgan fingerprint density at radius 2 is 1.27 bits per heavy atom. The van der Waals surface area contributed by atoms with E-state index < -0.39 is 10.8 Å². The summed E-state index contributed by atoms with van der Waals surface area (Å²) in [5, 5.41) is 0. The Bertz CT molecular complexity index is 1240. The zero-order chi connectivity index (χ0) is 30.4. The van der Waals surface area contributed by atoms with E-state index in [2.05, 4.69) is 19.9 Å². The second-order valence-corrected chi connectivity index (χ2v) is 12.8. The van der Waals surface area contributed by atoms with Gasteiger partial charge in [0.05, 0.1) is 23.0 Å². The van der Waals surface area contributed by atoms with E-state index in [1.165, 1.54) is 6.08 Å². The van der Waals surface area contributed by atoms with Crippen LogP contribution in [0.25, 0.3) is 6.08 Å². The van der Waals surface area contributed by atoms with Gasteiger partial charge < -0.3 is 14.2 Å². The molecule has 0 aliphatic carbocycles. The molecule has 0 saturated carbocycles. The van der Waals surface area contributed by atoms with Gasteiger partial charge in [0.15, 0.2) is 5.78 Å². The lowest BCUT2D eigenvalue weighted by atomic mass is 9.89. The van der Waals surface area contributed by atoms with Crippen LogP contribution in [0.3, 0.4) is 0 Å². The highest BCUT2D eigenvalue weighted by Gasteiger charge is 2.29. The smallest absolute Gasteiger partial charge is 0.316 e. The molecule has 0 heterocycles. The number of ketones is 1. The fraction of sp³-hybridized carbons (Fsp3) is 0.500. The van der Waals surface area contributed by atoms with Crippen LogP contribution >= 0.6 is 0 Å². The van der Waals surface area contributed by atoms with Gasteiger partial charge >= 0.3 is 11.9 Å². The summed E-state index contributed by atoms with van der Waals surface area (Å²) >= 11 is 0. The molecule has 0 unspecified atom stereocenters. The maximum Gasteiger partial charge on any atom is 0.316 e. The van der Waals surface area contributed by atoms with Gasteiger partial charge in [-0.05, 0) is 113 Å². The van der Waals surface area contributed by atoms with Gasteiger partial charge in [0.1, 0.15) is 17.2 Å². The number of esters is 2. The molecule has 0 aliphatic rings. The fourth-order valence-corrected chi connectivity index (χ4v) is 3.65. The maximum atomic E-state index is 13.2. The number of rotatable bonds is 10. The van der Waals surface area contributed by atoms with Crippen molar-refractivity contribution in [2.75, 3.05) is 6.61 Å². The number of benzene rings is 2. The second kappa shape index (κ2) is 13.3. The molecule has 0 aromatic heterocycles. The van der Waals surface area contributed by atoms with Crippen molar-refractivity contribution in [1.82, 2.24) is 0 Å². The molecule has 0 bridgehead atoms. The van der Waals surface area contributed by atoms with E-state index in [-0.39, 0.29) is 29.6 Å². The minimum absolute atomic E-state index is 0.0618. The number of carbonyl (C=O) groups excluding carboxylic acids is 3. The molecule has 2 rings (SSSR count). The van der Waals surface area contributed by atoms with Crippen LogP contribution in [0, 0.1) is 10.8 Å². The Balaban J connectivity index is 2.61. The lowest BCUT2D eigenvalue weighted by Crippen LogP contribution is -2.26. The van der Waals surface area contributed by atoms with Crippen molar-refractivity contribution in [1.29, 1.82) is 0 Å². The first-order chi connectivity index (χ1) is 18.5. The van der Waals surface area contributed by atoms with Crippen LogP contribution in [-0.4, -0.2) is 24.3 Å². The molecule has 0 radical (unpaired) electrons. The SMILES string of the molecule is CCCOc1c(C(C)C)cc(C(C)C)c(OC(=O)C(C)(C)C)c1C=CC(=O)c1ccc(OC(=O)C(C)(C)C)cc1. The van der Waals surface area contributed by atoms with Crippen LogP contribution < -0.4 is 14.2 Å². The highest BCUT2D eigenvalue weighted by Crippen LogP contribution is 2.43. The fourth-order valence-electron chi connectivity index (χ4n) is 3.65. The summed E-state index contributed by atoms with van der Waals surface area (Å²) in [7, 11) is 0. The van der Waals surface area contributed by atoms with Gasteiger partial charge in [-0.3, -0.25) is 14.4 Å². The van der Waals surface area contributed by atoms with Crippen LogP contribution in [0.5, 0.6) is 17.2 Å². The minimum Gasteiger partial charge on any atom is -0.493 e. The molecule has 6 heteroatoms. The number of hydrogen-bond acceptors (Lipinski definition) is 6. The van der Waals surface area contributed by atoms with Gasteiger partial charge in [0.2, 0.25) is 0 Å². The van der Waals surface area contributed by atoms with Gasteiger partial charge in [-0.25, -0.2) is 0 Å². The quantitative estimate of drug-likeness (QED) is 0.128. The Kier molecular flexibility index (Phi) is 10.9. The van der Waals surface area contributed by atoms with Crippen LogP contribution in [0.1, 0.15) is 121 Å². The van der Waals surface area contributed by atoms with Crippen LogP contribution in [0.15, 0.2) is 36.4 Å². The average Bonchev–Trinajstić information content (AvgIpc) is 2.85. The van der Waals surface area contributed by atoms with Crippen LogP contribution in [-0.2, 0) is 9.59 Å². The molecular weight excluding hydrogens is 504 g/mol. The Labute approximate surface area is 240 Å². The summed E-state index contributed by atoms with van der Waals surface area (Å²) in [5.74, 6) is 0.645. The summed E-state index contributed by atoms with van der Waals surface area (Å²) in [5.41, 5.74) is 1.52. The van der Waals surface area contributed by atoms with Crippen LogP contribution in [0.4, 0.5) is 0 Å².